The Morgan fingerprint density at radius 1 is 1.27 bits per heavy atom. The van der Waals surface area contributed by atoms with Gasteiger partial charge in [-0.1, -0.05) is 29.8 Å². The van der Waals surface area contributed by atoms with E-state index in [-0.39, 0.29) is 5.82 Å². The quantitative estimate of drug-likeness (QED) is 0.640. The maximum Gasteiger partial charge on any atom is 0.123 e. The Bertz CT molecular complexity index is 238. The van der Waals surface area contributed by atoms with Gasteiger partial charge >= 0.3 is 0 Å². The summed E-state index contributed by atoms with van der Waals surface area (Å²) in [4.78, 5) is 0. The molecule has 1 aromatic carbocycles. The molecule has 0 atom stereocenters. The third-order valence-corrected chi connectivity index (χ3v) is 1.53. The van der Waals surface area contributed by atoms with Gasteiger partial charge in [0.1, 0.15) is 5.82 Å². The van der Waals surface area contributed by atoms with Crippen LogP contribution in [0.25, 0.3) is 0 Å². The van der Waals surface area contributed by atoms with Gasteiger partial charge in [-0.25, -0.2) is 4.39 Å². The molecule has 0 amide bonds. The average molecular weight is 171 g/mol. The first kappa shape index (κ1) is 8.28. The summed E-state index contributed by atoms with van der Waals surface area (Å²) in [7, 11) is 0. The van der Waals surface area contributed by atoms with Gasteiger partial charge in [-0.2, -0.15) is 0 Å². The Morgan fingerprint density at radius 2 is 1.91 bits per heavy atom. The van der Waals surface area contributed by atoms with Crippen molar-refractivity contribution in [2.75, 3.05) is 0 Å². The normalized spacial score (nSPS) is 10.7. The van der Waals surface area contributed by atoms with Crippen LogP contribution in [0.1, 0.15) is 5.56 Å². The molecule has 1 aromatic rings. The topological polar surface area (TPSA) is 0 Å². The highest BCUT2D eigenvalue weighted by Crippen LogP contribution is 2.03. The third kappa shape index (κ3) is 2.72. The van der Waals surface area contributed by atoms with Crippen molar-refractivity contribution < 1.29 is 4.39 Å². The molecule has 0 heterocycles. The smallest absolute Gasteiger partial charge is 0.123 e. The van der Waals surface area contributed by atoms with Crippen molar-refractivity contribution in [1.82, 2.24) is 0 Å². The van der Waals surface area contributed by atoms with E-state index in [4.69, 9.17) is 11.6 Å². The van der Waals surface area contributed by atoms with Crippen LogP contribution in [-0.2, 0) is 6.42 Å². The van der Waals surface area contributed by atoms with Crippen molar-refractivity contribution in [1.29, 1.82) is 0 Å². The molecule has 11 heavy (non-hydrogen) atoms. The van der Waals surface area contributed by atoms with Crippen LogP contribution in [0.3, 0.4) is 0 Å². The van der Waals surface area contributed by atoms with E-state index in [0.717, 1.165) is 12.0 Å². The van der Waals surface area contributed by atoms with Crippen LogP contribution in [-0.4, -0.2) is 0 Å². The van der Waals surface area contributed by atoms with Gasteiger partial charge in [-0.05, 0) is 24.1 Å². The monoisotopic (exact) mass is 170 g/mol. The molecule has 58 valence electrons. The molecule has 0 aliphatic rings. The Labute approximate surface area is 70.3 Å². The van der Waals surface area contributed by atoms with E-state index in [2.05, 4.69) is 0 Å². The second kappa shape index (κ2) is 4.14. The molecule has 0 unspecified atom stereocenters. The predicted octanol–water partition coefficient (Wildman–Crippen LogP) is 3.12. The summed E-state index contributed by atoms with van der Waals surface area (Å²) in [5, 5.41) is 0. The molecule has 0 saturated carbocycles. The average Bonchev–Trinajstić information content (AvgIpc) is 2.04. The lowest BCUT2D eigenvalue weighted by molar-refractivity contribution is 0.627. The Balaban J connectivity index is 2.66. The molecule has 0 aliphatic heterocycles. The molecule has 0 nitrogen and oxygen atoms in total. The Morgan fingerprint density at radius 3 is 2.45 bits per heavy atom. The summed E-state index contributed by atoms with van der Waals surface area (Å²) in [5.74, 6) is -0.205. The van der Waals surface area contributed by atoms with E-state index in [9.17, 15) is 4.39 Å². The summed E-state index contributed by atoms with van der Waals surface area (Å²) >= 11 is 5.33. The minimum absolute atomic E-state index is 0.205. The van der Waals surface area contributed by atoms with Gasteiger partial charge in [0.2, 0.25) is 0 Å². The number of halogens is 2. The van der Waals surface area contributed by atoms with Crippen molar-refractivity contribution in [2.45, 2.75) is 6.42 Å². The summed E-state index contributed by atoms with van der Waals surface area (Å²) in [6, 6.07) is 6.37. The minimum atomic E-state index is -0.205. The first-order chi connectivity index (χ1) is 5.33. The van der Waals surface area contributed by atoms with Gasteiger partial charge in [0, 0.05) is 5.54 Å². The second-order valence-corrected chi connectivity index (χ2v) is 2.44. The molecule has 0 fully saturated rings. The van der Waals surface area contributed by atoms with Gasteiger partial charge in [-0.15, -0.1) is 0 Å². The van der Waals surface area contributed by atoms with Crippen molar-refractivity contribution in [3.8, 4) is 0 Å². The number of hydrogen-bond donors (Lipinski definition) is 0. The van der Waals surface area contributed by atoms with Gasteiger partial charge in [0.05, 0.1) is 0 Å². The molecule has 0 aliphatic carbocycles. The van der Waals surface area contributed by atoms with Crippen LogP contribution in [0.15, 0.2) is 35.9 Å². The fourth-order valence-electron chi connectivity index (χ4n) is 0.801. The molecule has 0 radical (unpaired) electrons. The van der Waals surface area contributed by atoms with Crippen molar-refractivity contribution in [3.05, 3.63) is 47.3 Å². The molecule has 0 bridgehead atoms. The van der Waals surface area contributed by atoms with Crippen molar-refractivity contribution in [3.63, 3.8) is 0 Å². The van der Waals surface area contributed by atoms with Gasteiger partial charge in [0.15, 0.2) is 0 Å². The standard InChI is InChI=1S/C9H8ClF/c10-7-1-2-8-3-5-9(11)6-4-8/h1,3-7H,2H2. The van der Waals surface area contributed by atoms with E-state index >= 15 is 0 Å². The number of benzene rings is 1. The lowest BCUT2D eigenvalue weighted by atomic mass is 10.1. The molecular formula is C9H8ClF. The Hall–Kier alpha value is -0.820. The zero-order valence-corrected chi connectivity index (χ0v) is 6.68. The zero-order valence-electron chi connectivity index (χ0n) is 5.93. The number of rotatable bonds is 2. The van der Waals surface area contributed by atoms with Crippen LogP contribution >= 0.6 is 11.6 Å². The summed E-state index contributed by atoms with van der Waals surface area (Å²) in [6.45, 7) is 0. The van der Waals surface area contributed by atoms with Crippen LogP contribution in [0.4, 0.5) is 4.39 Å². The predicted molar refractivity (Wildman–Crippen MR) is 45.1 cm³/mol. The summed E-state index contributed by atoms with van der Waals surface area (Å²) in [6.07, 6.45) is 2.57. The first-order valence-electron chi connectivity index (χ1n) is 3.32. The van der Waals surface area contributed by atoms with Crippen LogP contribution in [0.2, 0.25) is 0 Å². The molecule has 2 heteroatoms. The summed E-state index contributed by atoms with van der Waals surface area (Å²) in [5.41, 5.74) is 2.52. The third-order valence-electron chi connectivity index (χ3n) is 1.36. The largest absolute Gasteiger partial charge is 0.207 e. The fraction of sp³-hybridized carbons (Fsp3) is 0.111. The maximum atomic E-state index is 12.4. The lowest BCUT2D eigenvalue weighted by Crippen LogP contribution is -1.80. The van der Waals surface area contributed by atoms with E-state index in [1.807, 2.05) is 6.08 Å². The SMILES string of the molecule is Fc1ccc(CC=CCl)cc1. The van der Waals surface area contributed by atoms with Crippen LogP contribution < -0.4 is 0 Å². The highest BCUT2D eigenvalue weighted by molar-refractivity contribution is 6.25. The summed E-state index contributed by atoms with van der Waals surface area (Å²) < 4.78 is 12.4. The second-order valence-electron chi connectivity index (χ2n) is 2.19. The van der Waals surface area contributed by atoms with Crippen LogP contribution in [0.5, 0.6) is 0 Å². The number of hydrogen-bond acceptors (Lipinski definition) is 0. The number of allylic oxidation sites excluding steroid dienone is 1. The van der Waals surface area contributed by atoms with Gasteiger partial charge in [0.25, 0.3) is 0 Å². The highest BCUT2D eigenvalue weighted by Gasteiger charge is 1.89. The van der Waals surface area contributed by atoms with Crippen molar-refractivity contribution in [2.24, 2.45) is 0 Å². The van der Waals surface area contributed by atoms with E-state index in [0.29, 0.717) is 0 Å². The minimum Gasteiger partial charge on any atom is -0.207 e. The van der Waals surface area contributed by atoms with E-state index < -0.39 is 0 Å². The lowest BCUT2D eigenvalue weighted by Gasteiger charge is -1.93. The first-order valence-corrected chi connectivity index (χ1v) is 3.76. The molecule has 0 spiro atoms. The molecule has 0 N–H and O–H groups in total. The van der Waals surface area contributed by atoms with Crippen LogP contribution in [0, 0.1) is 5.82 Å². The molecule has 0 aromatic heterocycles. The van der Waals surface area contributed by atoms with Gasteiger partial charge in [-0.3, -0.25) is 0 Å². The molecule has 1 rings (SSSR count). The maximum absolute atomic E-state index is 12.4. The fourth-order valence-corrected chi connectivity index (χ4v) is 0.890. The van der Waals surface area contributed by atoms with E-state index in [1.165, 1.54) is 17.7 Å². The zero-order chi connectivity index (χ0) is 8.10. The van der Waals surface area contributed by atoms with Gasteiger partial charge < -0.3 is 0 Å². The molecular weight excluding hydrogens is 163 g/mol. The highest BCUT2D eigenvalue weighted by atomic mass is 35.5. The van der Waals surface area contributed by atoms with Crippen molar-refractivity contribution >= 4 is 11.6 Å². The molecule has 0 saturated heterocycles. The van der Waals surface area contributed by atoms with E-state index in [1.54, 1.807) is 12.1 Å². The Kier molecular flexibility index (Phi) is 3.12.